The van der Waals surface area contributed by atoms with Crippen molar-refractivity contribution in [2.75, 3.05) is 0 Å². The predicted octanol–water partition coefficient (Wildman–Crippen LogP) is 5.35. The number of benzene rings is 1. The summed E-state index contributed by atoms with van der Waals surface area (Å²) in [4.78, 5) is 0. The lowest BCUT2D eigenvalue weighted by molar-refractivity contribution is 0.0357. The highest BCUT2D eigenvalue weighted by Crippen LogP contribution is 2.32. The summed E-state index contributed by atoms with van der Waals surface area (Å²) < 4.78 is 6.07. The Labute approximate surface area is 122 Å². The SMILES string of the molecule is CCc1ccc(Cl)cc1C(C)CC1CCC(CC)O1. The number of aryl methyl sites for hydroxylation is 1. The Morgan fingerprint density at radius 3 is 2.63 bits per heavy atom. The molecule has 1 heterocycles. The van der Waals surface area contributed by atoms with E-state index in [0.29, 0.717) is 18.1 Å². The predicted molar refractivity (Wildman–Crippen MR) is 82.0 cm³/mol. The zero-order valence-corrected chi connectivity index (χ0v) is 13.0. The molecule has 1 aliphatic rings. The third-order valence-electron chi connectivity index (χ3n) is 4.29. The van der Waals surface area contributed by atoms with E-state index in [-0.39, 0.29) is 0 Å². The summed E-state index contributed by atoms with van der Waals surface area (Å²) >= 11 is 6.15. The van der Waals surface area contributed by atoms with Crippen molar-refractivity contribution in [1.29, 1.82) is 0 Å². The Morgan fingerprint density at radius 1 is 1.26 bits per heavy atom. The number of hydrogen-bond acceptors (Lipinski definition) is 1. The molecule has 2 rings (SSSR count). The van der Waals surface area contributed by atoms with Crippen LogP contribution in [0.4, 0.5) is 0 Å². The Hall–Kier alpha value is -0.530. The second-order valence-corrected chi connectivity index (χ2v) is 6.14. The van der Waals surface area contributed by atoms with Crippen LogP contribution in [0.25, 0.3) is 0 Å². The third-order valence-corrected chi connectivity index (χ3v) is 4.52. The normalized spacial score (nSPS) is 24.6. The third kappa shape index (κ3) is 3.73. The molecule has 0 spiro atoms. The minimum atomic E-state index is 0.434. The fourth-order valence-electron chi connectivity index (χ4n) is 3.12. The van der Waals surface area contributed by atoms with Crippen LogP contribution in [-0.4, -0.2) is 12.2 Å². The molecule has 3 atom stereocenters. The maximum Gasteiger partial charge on any atom is 0.0585 e. The zero-order chi connectivity index (χ0) is 13.8. The first-order valence-electron chi connectivity index (χ1n) is 7.57. The smallest absolute Gasteiger partial charge is 0.0585 e. The molecule has 1 saturated heterocycles. The van der Waals surface area contributed by atoms with Gasteiger partial charge in [0.1, 0.15) is 0 Å². The van der Waals surface area contributed by atoms with Crippen LogP contribution in [0.5, 0.6) is 0 Å². The van der Waals surface area contributed by atoms with Crippen LogP contribution >= 0.6 is 11.6 Å². The van der Waals surface area contributed by atoms with Gasteiger partial charge < -0.3 is 4.74 Å². The maximum absolute atomic E-state index is 6.15. The lowest BCUT2D eigenvalue weighted by atomic mass is 9.89. The molecule has 2 heteroatoms. The van der Waals surface area contributed by atoms with Gasteiger partial charge in [-0.2, -0.15) is 0 Å². The molecular weight excluding hydrogens is 256 g/mol. The summed E-state index contributed by atoms with van der Waals surface area (Å²) in [6.07, 6.45) is 6.69. The minimum Gasteiger partial charge on any atom is -0.375 e. The highest BCUT2D eigenvalue weighted by molar-refractivity contribution is 6.30. The second-order valence-electron chi connectivity index (χ2n) is 5.70. The maximum atomic E-state index is 6.15. The van der Waals surface area contributed by atoms with Crippen molar-refractivity contribution < 1.29 is 4.74 Å². The quantitative estimate of drug-likeness (QED) is 0.706. The van der Waals surface area contributed by atoms with Crippen LogP contribution in [-0.2, 0) is 11.2 Å². The van der Waals surface area contributed by atoms with Crippen molar-refractivity contribution in [1.82, 2.24) is 0 Å². The largest absolute Gasteiger partial charge is 0.375 e. The van der Waals surface area contributed by atoms with Gasteiger partial charge in [0.2, 0.25) is 0 Å². The highest BCUT2D eigenvalue weighted by Gasteiger charge is 2.26. The Bertz CT molecular complexity index is 416. The first-order valence-corrected chi connectivity index (χ1v) is 7.95. The summed E-state index contributed by atoms with van der Waals surface area (Å²) in [5.74, 6) is 0.522. The molecule has 19 heavy (non-hydrogen) atoms. The molecule has 106 valence electrons. The Balaban J connectivity index is 2.03. The molecule has 0 N–H and O–H groups in total. The van der Waals surface area contributed by atoms with E-state index in [1.165, 1.54) is 24.0 Å². The van der Waals surface area contributed by atoms with Crippen LogP contribution in [0.15, 0.2) is 18.2 Å². The van der Waals surface area contributed by atoms with Crippen LogP contribution in [0, 0.1) is 0 Å². The fraction of sp³-hybridized carbons (Fsp3) is 0.647. The van der Waals surface area contributed by atoms with Gasteiger partial charge in [-0.25, -0.2) is 0 Å². The van der Waals surface area contributed by atoms with Gasteiger partial charge in [-0.05, 0) is 61.3 Å². The second kappa shape index (κ2) is 6.76. The molecule has 1 nitrogen and oxygen atoms in total. The number of rotatable bonds is 5. The first-order chi connectivity index (χ1) is 9.13. The molecule has 0 amide bonds. The zero-order valence-electron chi connectivity index (χ0n) is 12.3. The van der Waals surface area contributed by atoms with E-state index in [1.807, 2.05) is 6.07 Å². The van der Waals surface area contributed by atoms with Gasteiger partial charge in [-0.3, -0.25) is 0 Å². The standard InChI is InChI=1S/C17H25ClO/c1-4-13-6-7-14(18)11-17(13)12(3)10-16-9-8-15(5-2)19-16/h6-7,11-12,15-16H,4-5,8-10H2,1-3H3. The van der Waals surface area contributed by atoms with E-state index in [0.717, 1.165) is 24.3 Å². The molecular formula is C17H25ClO. The summed E-state index contributed by atoms with van der Waals surface area (Å²) in [7, 11) is 0. The molecule has 0 radical (unpaired) electrons. The van der Waals surface area contributed by atoms with Gasteiger partial charge in [-0.1, -0.05) is 38.4 Å². The Kier molecular flexibility index (Phi) is 5.29. The van der Waals surface area contributed by atoms with Gasteiger partial charge in [0.05, 0.1) is 12.2 Å². The lowest BCUT2D eigenvalue weighted by Crippen LogP contribution is -2.13. The van der Waals surface area contributed by atoms with E-state index < -0.39 is 0 Å². The van der Waals surface area contributed by atoms with Crippen molar-refractivity contribution in [3.05, 3.63) is 34.3 Å². The topological polar surface area (TPSA) is 9.23 Å². The Morgan fingerprint density at radius 2 is 2.00 bits per heavy atom. The molecule has 1 aromatic carbocycles. The summed E-state index contributed by atoms with van der Waals surface area (Å²) in [5, 5.41) is 0.845. The first kappa shape index (κ1) is 14.9. The average Bonchev–Trinajstić information content (AvgIpc) is 2.86. The molecule has 1 aliphatic heterocycles. The van der Waals surface area contributed by atoms with E-state index in [9.17, 15) is 0 Å². The highest BCUT2D eigenvalue weighted by atomic mass is 35.5. The van der Waals surface area contributed by atoms with E-state index >= 15 is 0 Å². The van der Waals surface area contributed by atoms with Crippen LogP contribution in [0.2, 0.25) is 5.02 Å². The monoisotopic (exact) mass is 280 g/mol. The molecule has 0 bridgehead atoms. The van der Waals surface area contributed by atoms with Crippen LogP contribution < -0.4 is 0 Å². The number of halogens is 1. The average molecular weight is 281 g/mol. The molecule has 1 aromatic rings. The lowest BCUT2D eigenvalue weighted by Gasteiger charge is -2.20. The van der Waals surface area contributed by atoms with Crippen LogP contribution in [0.1, 0.15) is 63.5 Å². The fourth-order valence-corrected chi connectivity index (χ4v) is 3.30. The molecule has 1 fully saturated rings. The minimum absolute atomic E-state index is 0.434. The van der Waals surface area contributed by atoms with Crippen molar-refractivity contribution in [2.45, 2.75) is 71.0 Å². The number of ether oxygens (including phenoxy) is 1. The van der Waals surface area contributed by atoms with E-state index in [4.69, 9.17) is 16.3 Å². The van der Waals surface area contributed by atoms with Gasteiger partial charge in [0, 0.05) is 5.02 Å². The van der Waals surface area contributed by atoms with Gasteiger partial charge in [0.25, 0.3) is 0 Å². The van der Waals surface area contributed by atoms with Crippen molar-refractivity contribution in [2.24, 2.45) is 0 Å². The van der Waals surface area contributed by atoms with Gasteiger partial charge in [0.15, 0.2) is 0 Å². The van der Waals surface area contributed by atoms with E-state index in [1.54, 1.807) is 0 Å². The van der Waals surface area contributed by atoms with Crippen molar-refractivity contribution >= 4 is 11.6 Å². The summed E-state index contributed by atoms with van der Waals surface area (Å²) in [6, 6.07) is 6.30. The molecule has 0 aliphatic carbocycles. The number of hydrogen-bond donors (Lipinski definition) is 0. The molecule has 0 saturated carbocycles. The summed E-state index contributed by atoms with van der Waals surface area (Å²) in [5.41, 5.74) is 2.82. The van der Waals surface area contributed by atoms with Gasteiger partial charge in [-0.15, -0.1) is 0 Å². The van der Waals surface area contributed by atoms with E-state index in [2.05, 4.69) is 32.9 Å². The van der Waals surface area contributed by atoms with Gasteiger partial charge >= 0.3 is 0 Å². The summed E-state index contributed by atoms with van der Waals surface area (Å²) in [6.45, 7) is 6.72. The van der Waals surface area contributed by atoms with Crippen LogP contribution in [0.3, 0.4) is 0 Å². The van der Waals surface area contributed by atoms with Crippen molar-refractivity contribution in [3.8, 4) is 0 Å². The van der Waals surface area contributed by atoms with Crippen molar-refractivity contribution in [3.63, 3.8) is 0 Å². The molecule has 0 aromatic heterocycles. The molecule has 3 unspecified atom stereocenters.